The Morgan fingerprint density at radius 3 is 1.93 bits per heavy atom. The van der Waals surface area contributed by atoms with Gasteiger partial charge in [0, 0.05) is 19.0 Å². The summed E-state index contributed by atoms with van der Waals surface area (Å²) in [6.07, 6.45) is 11.1. The Bertz CT molecular complexity index is 1670. The molecule has 56 heavy (non-hydrogen) atoms. The lowest BCUT2D eigenvalue weighted by Crippen LogP contribution is -2.56. The van der Waals surface area contributed by atoms with Crippen molar-refractivity contribution in [2.24, 2.45) is 23.5 Å². The Morgan fingerprint density at radius 1 is 0.857 bits per heavy atom. The SMILES string of the molecule is C=C[C@@H](C[C@H](O)[C@H](CC1CCCCC1)NC(=O)[C@H](Cc1c[nH]cn1)NC(=O)[C@H](Cc1ccccc1)OC(N)=O)C(C)C.c1ccc(CCc2ccccc2)cc1. The number of rotatable bonds is 19. The molecule has 1 heterocycles. The van der Waals surface area contributed by atoms with Gasteiger partial charge < -0.3 is 31.2 Å². The largest absolute Gasteiger partial charge is 0.436 e. The van der Waals surface area contributed by atoms with Gasteiger partial charge in [-0.15, -0.1) is 6.58 Å². The van der Waals surface area contributed by atoms with Crippen molar-refractivity contribution in [2.75, 3.05) is 0 Å². The van der Waals surface area contributed by atoms with Gasteiger partial charge in [0.05, 0.1) is 24.2 Å². The number of benzene rings is 3. The molecule has 1 fully saturated rings. The molecule has 0 aliphatic heterocycles. The van der Waals surface area contributed by atoms with Gasteiger partial charge in [-0.2, -0.15) is 0 Å². The van der Waals surface area contributed by atoms with Gasteiger partial charge in [0.25, 0.3) is 5.91 Å². The van der Waals surface area contributed by atoms with E-state index in [2.05, 4.69) is 102 Å². The molecule has 0 unspecified atom stereocenters. The fraction of sp³-hybridized carbons (Fsp3) is 0.435. The Kier molecular flexibility index (Phi) is 18.4. The lowest BCUT2D eigenvalue weighted by Gasteiger charge is -2.33. The Morgan fingerprint density at radius 2 is 1.43 bits per heavy atom. The predicted octanol–water partition coefficient (Wildman–Crippen LogP) is 7.28. The van der Waals surface area contributed by atoms with Crippen LogP contribution in [0, 0.1) is 17.8 Å². The van der Waals surface area contributed by atoms with E-state index in [1.807, 2.05) is 36.4 Å². The number of nitrogens with one attached hydrogen (secondary N) is 3. The zero-order valence-electron chi connectivity index (χ0n) is 33.0. The van der Waals surface area contributed by atoms with E-state index in [0.717, 1.165) is 44.1 Å². The quantitative estimate of drug-likeness (QED) is 0.0632. The van der Waals surface area contributed by atoms with Crippen LogP contribution in [0.1, 0.15) is 81.2 Å². The lowest BCUT2D eigenvalue weighted by molar-refractivity contribution is -0.134. The highest BCUT2D eigenvalue weighted by Gasteiger charge is 2.33. The molecule has 0 saturated heterocycles. The minimum atomic E-state index is -1.23. The van der Waals surface area contributed by atoms with Crippen LogP contribution < -0.4 is 16.4 Å². The zero-order chi connectivity index (χ0) is 40.1. The van der Waals surface area contributed by atoms with E-state index in [0.29, 0.717) is 30.4 Å². The van der Waals surface area contributed by atoms with E-state index in [-0.39, 0.29) is 18.8 Å². The molecule has 0 bridgehead atoms. The maximum atomic E-state index is 13.8. The van der Waals surface area contributed by atoms with E-state index in [4.69, 9.17) is 10.5 Å². The molecule has 5 rings (SSSR count). The standard InChI is InChI=1S/C32H47N5O5.C14H14/c1-4-24(21(2)3)17-28(38)26(15-22-11-7-5-8-12-22)36-30(39)27(18-25-19-34-20-35-25)37-31(40)29(42-32(33)41)16-23-13-9-6-10-14-23;1-3-7-13(8-4-1)11-12-14-9-5-2-6-10-14/h4,6,9-10,13-14,19-22,24,26-29,38H,1,5,7-8,11-12,15-18H2,2-3H3,(H2,33,41)(H,34,35)(H,36,39)(H,37,40);1-10H,11-12H2/t24-,26-,27-,28-,29-;/m0./s1. The third-order valence-electron chi connectivity index (χ3n) is 10.6. The summed E-state index contributed by atoms with van der Waals surface area (Å²) in [5.74, 6) is -0.303. The number of hydrogen-bond acceptors (Lipinski definition) is 6. The van der Waals surface area contributed by atoms with Gasteiger partial charge in [-0.3, -0.25) is 9.59 Å². The first-order valence-electron chi connectivity index (χ1n) is 20.1. The predicted molar refractivity (Wildman–Crippen MR) is 221 cm³/mol. The topological polar surface area (TPSA) is 159 Å². The number of ether oxygens (including phenoxy) is 1. The summed E-state index contributed by atoms with van der Waals surface area (Å²) in [6, 6.07) is 28.8. The Hall–Kier alpha value is -5.22. The van der Waals surface area contributed by atoms with Crippen LogP contribution in [0.25, 0.3) is 0 Å². The summed E-state index contributed by atoms with van der Waals surface area (Å²) in [5, 5.41) is 17.2. The summed E-state index contributed by atoms with van der Waals surface area (Å²) in [7, 11) is 0. The zero-order valence-corrected chi connectivity index (χ0v) is 33.0. The molecule has 0 spiro atoms. The molecule has 6 N–H and O–H groups in total. The molecule has 3 amide bonds. The van der Waals surface area contributed by atoms with Crippen molar-refractivity contribution in [2.45, 2.75) is 109 Å². The van der Waals surface area contributed by atoms with Crippen molar-refractivity contribution in [3.63, 3.8) is 0 Å². The molecule has 10 heteroatoms. The highest BCUT2D eigenvalue weighted by molar-refractivity contribution is 5.90. The lowest BCUT2D eigenvalue weighted by atomic mass is 9.81. The van der Waals surface area contributed by atoms with Crippen LogP contribution in [0.5, 0.6) is 0 Å². The molecule has 3 aromatic carbocycles. The summed E-state index contributed by atoms with van der Waals surface area (Å²) in [6.45, 7) is 8.11. The van der Waals surface area contributed by atoms with Crippen molar-refractivity contribution < 1.29 is 24.2 Å². The van der Waals surface area contributed by atoms with Crippen LogP contribution >= 0.6 is 0 Å². The van der Waals surface area contributed by atoms with Gasteiger partial charge >= 0.3 is 6.09 Å². The molecule has 1 saturated carbocycles. The van der Waals surface area contributed by atoms with Crippen LogP contribution in [0.3, 0.4) is 0 Å². The number of nitrogens with two attached hydrogens (primary N) is 1. The Balaban J connectivity index is 0.000000413. The van der Waals surface area contributed by atoms with Crippen molar-refractivity contribution in [1.82, 2.24) is 20.6 Å². The fourth-order valence-electron chi connectivity index (χ4n) is 7.28. The number of hydrogen-bond donors (Lipinski definition) is 5. The number of amides is 3. The fourth-order valence-corrected chi connectivity index (χ4v) is 7.28. The van der Waals surface area contributed by atoms with Gasteiger partial charge in [-0.25, -0.2) is 9.78 Å². The van der Waals surface area contributed by atoms with E-state index in [1.165, 1.54) is 23.9 Å². The minimum absolute atomic E-state index is 0.0908. The number of carbonyl (C=O) groups excluding carboxylic acids is 3. The van der Waals surface area contributed by atoms with Crippen molar-refractivity contribution >= 4 is 17.9 Å². The average molecular weight is 764 g/mol. The normalized spacial score (nSPS) is 15.6. The van der Waals surface area contributed by atoms with Crippen LogP contribution in [0.4, 0.5) is 4.79 Å². The molecule has 0 radical (unpaired) electrons. The van der Waals surface area contributed by atoms with Crippen LogP contribution in [-0.4, -0.2) is 57.3 Å². The molecule has 1 aliphatic carbocycles. The van der Waals surface area contributed by atoms with Crippen LogP contribution in [-0.2, 0) is 40.0 Å². The first-order valence-corrected chi connectivity index (χ1v) is 20.1. The number of allylic oxidation sites excluding steroid dienone is 1. The number of carbonyl (C=O) groups is 3. The summed E-state index contributed by atoms with van der Waals surface area (Å²) < 4.78 is 5.15. The van der Waals surface area contributed by atoms with Gasteiger partial charge in [0.1, 0.15) is 6.04 Å². The van der Waals surface area contributed by atoms with Gasteiger partial charge in [0.15, 0.2) is 6.10 Å². The van der Waals surface area contributed by atoms with Crippen molar-refractivity contribution in [3.05, 3.63) is 139 Å². The van der Waals surface area contributed by atoms with Gasteiger partial charge in [0.2, 0.25) is 5.91 Å². The maximum absolute atomic E-state index is 13.8. The Labute approximate surface area is 332 Å². The number of aromatic nitrogens is 2. The minimum Gasteiger partial charge on any atom is -0.436 e. The second-order valence-electron chi connectivity index (χ2n) is 15.2. The molecular formula is C46H61N5O5. The second-order valence-corrected chi connectivity index (χ2v) is 15.2. The highest BCUT2D eigenvalue weighted by atomic mass is 16.6. The summed E-state index contributed by atoms with van der Waals surface area (Å²) in [5.41, 5.74) is 9.44. The van der Waals surface area contributed by atoms with Crippen LogP contribution in [0.15, 0.2) is 116 Å². The molecule has 1 aromatic heterocycles. The monoisotopic (exact) mass is 763 g/mol. The first kappa shape index (κ1) is 43.5. The smallest absolute Gasteiger partial charge is 0.405 e. The van der Waals surface area contributed by atoms with E-state index >= 15 is 0 Å². The molecule has 10 nitrogen and oxygen atoms in total. The number of aromatic amines is 1. The molecule has 5 atom stereocenters. The number of aliphatic hydroxyl groups excluding tert-OH is 1. The number of imidazole rings is 1. The number of aliphatic hydroxyl groups is 1. The maximum Gasteiger partial charge on any atom is 0.405 e. The van der Waals surface area contributed by atoms with Crippen molar-refractivity contribution in [3.8, 4) is 0 Å². The first-order chi connectivity index (χ1) is 27.1. The van der Waals surface area contributed by atoms with Gasteiger partial charge in [-0.05, 0) is 60.1 Å². The number of primary amides is 1. The number of aryl methyl sites for hydroxylation is 2. The number of nitrogens with zero attached hydrogens (tertiary/aromatic N) is 1. The summed E-state index contributed by atoms with van der Waals surface area (Å²) in [4.78, 5) is 46.0. The molecular weight excluding hydrogens is 703 g/mol. The number of H-pyrrole nitrogens is 1. The molecule has 300 valence electrons. The molecule has 4 aromatic rings. The van der Waals surface area contributed by atoms with E-state index in [1.54, 1.807) is 6.20 Å². The van der Waals surface area contributed by atoms with E-state index < -0.39 is 42.2 Å². The second kappa shape index (κ2) is 23.6. The third-order valence-corrected chi connectivity index (χ3v) is 10.6. The van der Waals surface area contributed by atoms with Crippen LogP contribution in [0.2, 0.25) is 0 Å². The van der Waals surface area contributed by atoms with E-state index in [9.17, 15) is 19.5 Å². The highest BCUT2D eigenvalue weighted by Crippen LogP contribution is 2.30. The third kappa shape index (κ3) is 15.5. The summed E-state index contributed by atoms with van der Waals surface area (Å²) >= 11 is 0. The van der Waals surface area contributed by atoms with Gasteiger partial charge in [-0.1, -0.05) is 143 Å². The average Bonchev–Trinajstić information content (AvgIpc) is 3.73. The molecule has 1 aliphatic rings. The van der Waals surface area contributed by atoms with Crippen molar-refractivity contribution in [1.29, 1.82) is 0 Å².